The molecule has 3 aromatic carbocycles. The summed E-state index contributed by atoms with van der Waals surface area (Å²) in [5.41, 5.74) is 1.94. The maximum atomic E-state index is 12.7. The molecule has 0 aromatic heterocycles. The van der Waals surface area contributed by atoms with Gasteiger partial charge in [0.15, 0.2) is 0 Å². The van der Waals surface area contributed by atoms with E-state index in [1.807, 2.05) is 54.6 Å². The van der Waals surface area contributed by atoms with Gasteiger partial charge in [0.2, 0.25) is 0 Å². The second kappa shape index (κ2) is 13.9. The van der Waals surface area contributed by atoms with Gasteiger partial charge in [-0.2, -0.15) is 0 Å². The van der Waals surface area contributed by atoms with Gasteiger partial charge in [-0.3, -0.25) is 0 Å². The molecular formula is C30H31NO7. The number of nitrogens with one attached hydrogen (secondary N) is 1. The second-order valence-corrected chi connectivity index (χ2v) is 8.35. The number of carbonyl (C=O) groups is 2. The van der Waals surface area contributed by atoms with Gasteiger partial charge in [0.25, 0.3) is 0 Å². The third-order valence-electron chi connectivity index (χ3n) is 5.83. The number of allylic oxidation sites excluding steroid dienone is 2. The van der Waals surface area contributed by atoms with E-state index in [1.54, 1.807) is 0 Å². The van der Waals surface area contributed by atoms with Crippen LogP contribution in [-0.4, -0.2) is 51.6 Å². The molecule has 0 aliphatic heterocycles. The van der Waals surface area contributed by atoms with Crippen molar-refractivity contribution in [3.8, 4) is 17.2 Å². The number of benzene rings is 3. The van der Waals surface area contributed by atoms with Crippen molar-refractivity contribution in [2.75, 3.05) is 39.6 Å². The highest BCUT2D eigenvalue weighted by molar-refractivity contribution is 5.97. The van der Waals surface area contributed by atoms with Crippen molar-refractivity contribution in [3.63, 3.8) is 0 Å². The molecule has 1 amide bonds. The highest BCUT2D eigenvalue weighted by atomic mass is 16.6. The average Bonchev–Trinajstić information content (AvgIpc) is 2.96. The van der Waals surface area contributed by atoms with Gasteiger partial charge < -0.3 is 29.0 Å². The van der Waals surface area contributed by atoms with Crippen LogP contribution in [0.4, 0.5) is 4.79 Å². The van der Waals surface area contributed by atoms with E-state index >= 15 is 0 Å². The molecule has 0 heterocycles. The van der Waals surface area contributed by atoms with Crippen LogP contribution in [0.5, 0.6) is 17.2 Å². The summed E-state index contributed by atoms with van der Waals surface area (Å²) in [4.78, 5) is 23.7. The van der Waals surface area contributed by atoms with E-state index < -0.39 is 12.1 Å². The molecular weight excluding hydrogens is 486 g/mol. The van der Waals surface area contributed by atoms with E-state index in [0.29, 0.717) is 31.8 Å². The number of ether oxygens (including phenoxy) is 5. The molecule has 38 heavy (non-hydrogen) atoms. The van der Waals surface area contributed by atoms with Crippen LogP contribution in [0.15, 0.2) is 79.4 Å². The fourth-order valence-electron chi connectivity index (χ4n) is 4.13. The first-order chi connectivity index (χ1) is 18.7. The third-order valence-corrected chi connectivity index (χ3v) is 5.83. The Bertz CT molecular complexity index is 1290. The Balaban J connectivity index is 1.40. The molecule has 198 valence electrons. The maximum absolute atomic E-state index is 12.7. The average molecular weight is 518 g/mol. The zero-order valence-corrected chi connectivity index (χ0v) is 21.1. The number of para-hydroxylation sites is 1. The molecule has 0 bridgehead atoms. The second-order valence-electron chi connectivity index (χ2n) is 8.35. The Morgan fingerprint density at radius 2 is 1.45 bits per heavy atom. The van der Waals surface area contributed by atoms with Crippen LogP contribution in [0.2, 0.25) is 0 Å². The SMILES string of the molecule is C=CC(=O)OCCOCCNC(=O)Oc1c2c(c(OCCOc3ccccc3)c3ccccc13)CC=CC2. The number of rotatable bonds is 13. The molecule has 0 unspecified atom stereocenters. The Hall–Kier alpha value is -4.30. The summed E-state index contributed by atoms with van der Waals surface area (Å²) >= 11 is 0. The van der Waals surface area contributed by atoms with Crippen molar-refractivity contribution in [2.24, 2.45) is 0 Å². The van der Waals surface area contributed by atoms with E-state index in [1.165, 1.54) is 0 Å². The molecule has 0 fully saturated rings. The van der Waals surface area contributed by atoms with Crippen LogP contribution in [-0.2, 0) is 27.1 Å². The highest BCUT2D eigenvalue weighted by Gasteiger charge is 2.23. The zero-order valence-electron chi connectivity index (χ0n) is 21.1. The third kappa shape index (κ3) is 7.14. The van der Waals surface area contributed by atoms with Crippen molar-refractivity contribution < 1.29 is 33.3 Å². The molecule has 8 nitrogen and oxygen atoms in total. The largest absolute Gasteiger partial charge is 0.490 e. The Morgan fingerprint density at radius 1 is 0.789 bits per heavy atom. The van der Waals surface area contributed by atoms with Crippen molar-refractivity contribution in [1.82, 2.24) is 5.32 Å². The lowest BCUT2D eigenvalue weighted by molar-refractivity contribution is -0.139. The summed E-state index contributed by atoms with van der Waals surface area (Å²) < 4.78 is 28.1. The van der Waals surface area contributed by atoms with E-state index in [4.69, 9.17) is 23.7 Å². The van der Waals surface area contributed by atoms with Gasteiger partial charge in [0.05, 0.1) is 13.2 Å². The van der Waals surface area contributed by atoms with Crippen molar-refractivity contribution in [3.05, 3.63) is 90.5 Å². The van der Waals surface area contributed by atoms with Crippen molar-refractivity contribution >= 4 is 22.8 Å². The lowest BCUT2D eigenvalue weighted by atomic mass is 9.90. The fraction of sp³-hybridized carbons (Fsp3) is 0.267. The normalized spacial score (nSPS) is 11.9. The van der Waals surface area contributed by atoms with Gasteiger partial charge >= 0.3 is 12.1 Å². The minimum Gasteiger partial charge on any atom is -0.490 e. The molecule has 8 heteroatoms. The van der Waals surface area contributed by atoms with Gasteiger partial charge in [0, 0.05) is 34.5 Å². The molecule has 0 radical (unpaired) electrons. The number of fused-ring (bicyclic) bond motifs is 2. The summed E-state index contributed by atoms with van der Waals surface area (Å²) in [5.74, 6) is 1.61. The fourth-order valence-corrected chi connectivity index (χ4v) is 4.13. The van der Waals surface area contributed by atoms with E-state index in [2.05, 4.69) is 24.0 Å². The first-order valence-corrected chi connectivity index (χ1v) is 12.5. The minimum absolute atomic E-state index is 0.119. The summed E-state index contributed by atoms with van der Waals surface area (Å²) in [7, 11) is 0. The van der Waals surface area contributed by atoms with Crippen LogP contribution in [0.25, 0.3) is 10.8 Å². The van der Waals surface area contributed by atoms with Gasteiger partial charge in [-0.05, 0) is 25.0 Å². The Labute approximate surface area is 221 Å². The summed E-state index contributed by atoms with van der Waals surface area (Å²) in [5, 5.41) is 4.39. The molecule has 0 saturated carbocycles. The Kier molecular flexibility index (Phi) is 9.75. The van der Waals surface area contributed by atoms with Crippen LogP contribution in [0, 0.1) is 0 Å². The van der Waals surface area contributed by atoms with Crippen LogP contribution in [0.1, 0.15) is 11.1 Å². The van der Waals surface area contributed by atoms with Crippen molar-refractivity contribution in [2.45, 2.75) is 12.8 Å². The van der Waals surface area contributed by atoms with E-state index in [-0.39, 0.29) is 26.4 Å². The first-order valence-electron chi connectivity index (χ1n) is 12.5. The smallest absolute Gasteiger partial charge is 0.412 e. The van der Waals surface area contributed by atoms with Crippen molar-refractivity contribution in [1.29, 1.82) is 0 Å². The predicted octanol–water partition coefficient (Wildman–Crippen LogP) is 4.79. The molecule has 4 rings (SSSR count). The zero-order chi connectivity index (χ0) is 26.6. The van der Waals surface area contributed by atoms with Gasteiger partial charge in [-0.1, -0.05) is 61.2 Å². The van der Waals surface area contributed by atoms with Gasteiger partial charge in [0.1, 0.15) is 37.1 Å². The summed E-state index contributed by atoms with van der Waals surface area (Å²) in [6, 6.07) is 17.4. The standard InChI is InChI=1S/C30H31NO7/c1-2-27(32)36-19-18-34-17-16-31-30(33)38-29-25-14-8-6-12-23(25)28(24-13-7-9-15-26(24)29)37-21-20-35-22-10-4-3-5-11-22/h2-12,14H,1,13,15-21H2,(H,31,33). The van der Waals surface area contributed by atoms with E-state index in [9.17, 15) is 9.59 Å². The molecule has 0 atom stereocenters. The maximum Gasteiger partial charge on any atom is 0.412 e. The monoisotopic (exact) mass is 517 g/mol. The predicted molar refractivity (Wildman–Crippen MR) is 144 cm³/mol. The molecule has 1 aliphatic carbocycles. The molecule has 1 aliphatic rings. The number of hydrogen-bond donors (Lipinski definition) is 1. The van der Waals surface area contributed by atoms with Crippen LogP contribution < -0.4 is 19.5 Å². The quantitative estimate of drug-likeness (QED) is 0.151. The van der Waals surface area contributed by atoms with Gasteiger partial charge in [-0.15, -0.1) is 0 Å². The lowest BCUT2D eigenvalue weighted by Gasteiger charge is -2.23. The van der Waals surface area contributed by atoms with Crippen LogP contribution in [0.3, 0.4) is 0 Å². The number of amides is 1. The van der Waals surface area contributed by atoms with Gasteiger partial charge in [-0.25, -0.2) is 9.59 Å². The number of hydrogen-bond acceptors (Lipinski definition) is 7. The molecule has 0 saturated heterocycles. The lowest BCUT2D eigenvalue weighted by Crippen LogP contribution is -2.31. The first kappa shape index (κ1) is 26.8. The number of carbonyl (C=O) groups excluding carboxylic acids is 2. The Morgan fingerprint density at radius 3 is 2.18 bits per heavy atom. The number of esters is 1. The minimum atomic E-state index is -0.571. The molecule has 0 spiro atoms. The van der Waals surface area contributed by atoms with Crippen LogP contribution >= 0.6 is 0 Å². The van der Waals surface area contributed by atoms with E-state index in [0.717, 1.165) is 39.5 Å². The summed E-state index contributed by atoms with van der Waals surface area (Å²) in [6.07, 6.45) is 5.99. The molecule has 1 N–H and O–H groups in total. The topological polar surface area (TPSA) is 92.3 Å². The molecule has 3 aromatic rings. The highest BCUT2D eigenvalue weighted by Crippen LogP contribution is 2.43. The summed E-state index contributed by atoms with van der Waals surface area (Å²) in [6.45, 7) is 4.95.